The third-order valence-corrected chi connectivity index (χ3v) is 0.942. The molecule has 0 amide bonds. The summed E-state index contributed by atoms with van der Waals surface area (Å²) in [5.74, 6) is 2.48. The molecule has 2 N–H and O–H groups in total. The Balaban J connectivity index is 3.01. The van der Waals surface area contributed by atoms with Crippen molar-refractivity contribution in [1.82, 2.24) is 5.48 Å². The first-order chi connectivity index (χ1) is 3.81. The van der Waals surface area contributed by atoms with Crippen LogP contribution in [0.3, 0.4) is 0 Å². The van der Waals surface area contributed by atoms with Crippen LogP contribution in [0.4, 0.5) is 0 Å². The maximum absolute atomic E-state index is 8.24. The van der Waals surface area contributed by atoms with Crippen LogP contribution >= 0.6 is 0 Å². The fourth-order valence-corrected chi connectivity index (χ4v) is 0.364. The lowest BCUT2D eigenvalue weighted by molar-refractivity contribution is 0.129. The number of hydrogen-bond donors (Lipinski definition) is 2. The third-order valence-electron chi connectivity index (χ3n) is 0.942. The molecule has 1 unspecified atom stereocenters. The van der Waals surface area contributed by atoms with Gasteiger partial charge in [-0.25, -0.2) is 5.48 Å². The molecule has 0 aliphatic heterocycles. The lowest BCUT2D eigenvalue weighted by atomic mass is 10.2. The average molecular weight is 113 g/mol. The highest BCUT2D eigenvalue weighted by Gasteiger charge is 1.94. The Bertz CT molecular complexity index is 85.0. The van der Waals surface area contributed by atoms with E-state index in [1.165, 1.54) is 0 Å². The molecular formula is C6H11NO. The molecular weight excluding hydrogens is 102 g/mol. The van der Waals surface area contributed by atoms with Crippen molar-refractivity contribution >= 4 is 0 Å². The minimum absolute atomic E-state index is 0.117. The Morgan fingerprint density at radius 3 is 2.88 bits per heavy atom. The smallest absolute Gasteiger partial charge is 0.0300 e. The normalized spacial score (nSPS) is 12.6. The van der Waals surface area contributed by atoms with Crippen molar-refractivity contribution in [3.05, 3.63) is 0 Å². The quantitative estimate of drug-likeness (QED) is 0.418. The molecule has 0 spiro atoms. The van der Waals surface area contributed by atoms with Crippen LogP contribution in [-0.4, -0.2) is 11.2 Å². The second-order valence-electron chi connectivity index (χ2n) is 1.77. The molecule has 46 valence electrons. The van der Waals surface area contributed by atoms with E-state index in [2.05, 4.69) is 11.4 Å². The van der Waals surface area contributed by atoms with Crippen LogP contribution in [0, 0.1) is 12.3 Å². The predicted octanol–water partition coefficient (Wildman–Crippen LogP) is 0.767. The molecule has 0 aromatic rings. The molecule has 2 heteroatoms. The molecule has 0 saturated carbocycles. The van der Waals surface area contributed by atoms with Gasteiger partial charge in [-0.05, 0) is 13.3 Å². The minimum Gasteiger partial charge on any atom is -0.317 e. The molecule has 0 fully saturated rings. The summed E-state index contributed by atoms with van der Waals surface area (Å²) in [4.78, 5) is 0. The summed E-state index contributed by atoms with van der Waals surface area (Å²) in [7, 11) is 0. The van der Waals surface area contributed by atoms with E-state index in [4.69, 9.17) is 11.6 Å². The summed E-state index contributed by atoms with van der Waals surface area (Å²) < 4.78 is 0. The van der Waals surface area contributed by atoms with Gasteiger partial charge in [0, 0.05) is 12.5 Å². The Morgan fingerprint density at radius 2 is 2.50 bits per heavy atom. The van der Waals surface area contributed by atoms with Crippen molar-refractivity contribution in [2.24, 2.45) is 0 Å². The fourth-order valence-electron chi connectivity index (χ4n) is 0.364. The molecule has 0 radical (unpaired) electrons. The average Bonchev–Trinajstić information content (AvgIpc) is 1.83. The zero-order valence-corrected chi connectivity index (χ0v) is 5.02. The highest BCUT2D eigenvalue weighted by Crippen LogP contribution is 1.91. The molecule has 1 atom stereocenters. The minimum atomic E-state index is 0.117. The van der Waals surface area contributed by atoms with Gasteiger partial charge in [0.25, 0.3) is 0 Å². The van der Waals surface area contributed by atoms with E-state index in [1.807, 2.05) is 6.92 Å². The number of rotatable bonds is 3. The summed E-state index contributed by atoms with van der Waals surface area (Å²) in [5.41, 5.74) is 2.10. The van der Waals surface area contributed by atoms with E-state index in [0.29, 0.717) is 6.42 Å². The first-order valence-corrected chi connectivity index (χ1v) is 2.64. The first kappa shape index (κ1) is 7.48. The molecule has 8 heavy (non-hydrogen) atoms. The molecule has 0 rings (SSSR count). The van der Waals surface area contributed by atoms with Gasteiger partial charge in [0.2, 0.25) is 0 Å². The van der Waals surface area contributed by atoms with Crippen LogP contribution in [0.15, 0.2) is 0 Å². The largest absolute Gasteiger partial charge is 0.317 e. The lowest BCUT2D eigenvalue weighted by Crippen LogP contribution is -2.21. The highest BCUT2D eigenvalue weighted by molar-refractivity contribution is 4.84. The van der Waals surface area contributed by atoms with E-state index in [9.17, 15) is 0 Å². The highest BCUT2D eigenvalue weighted by atomic mass is 16.5. The molecule has 0 bridgehead atoms. The lowest BCUT2D eigenvalue weighted by Gasteiger charge is -2.03. The summed E-state index contributed by atoms with van der Waals surface area (Å²) >= 11 is 0. The molecule has 0 heterocycles. The maximum atomic E-state index is 8.24. The van der Waals surface area contributed by atoms with Gasteiger partial charge in [-0.2, -0.15) is 0 Å². The SMILES string of the molecule is C#CCCC(C)NO. The summed E-state index contributed by atoms with van der Waals surface area (Å²) in [6.45, 7) is 1.87. The molecule has 0 aromatic carbocycles. The van der Waals surface area contributed by atoms with E-state index in [0.717, 1.165) is 6.42 Å². The van der Waals surface area contributed by atoms with Crippen LogP contribution in [-0.2, 0) is 0 Å². The van der Waals surface area contributed by atoms with Crippen molar-refractivity contribution in [3.63, 3.8) is 0 Å². The van der Waals surface area contributed by atoms with E-state index >= 15 is 0 Å². The molecule has 0 aliphatic rings. The number of terminal acetylenes is 1. The second kappa shape index (κ2) is 4.63. The molecule has 0 aliphatic carbocycles. The van der Waals surface area contributed by atoms with Crippen LogP contribution < -0.4 is 5.48 Å². The number of hydroxylamine groups is 1. The van der Waals surface area contributed by atoms with Crippen molar-refractivity contribution in [3.8, 4) is 12.3 Å². The Labute approximate surface area is 49.9 Å². The van der Waals surface area contributed by atoms with Crippen LogP contribution in [0.5, 0.6) is 0 Å². The van der Waals surface area contributed by atoms with Gasteiger partial charge >= 0.3 is 0 Å². The first-order valence-electron chi connectivity index (χ1n) is 2.64. The molecule has 0 aromatic heterocycles. The van der Waals surface area contributed by atoms with Crippen LogP contribution in [0.2, 0.25) is 0 Å². The zero-order valence-electron chi connectivity index (χ0n) is 5.02. The summed E-state index contributed by atoms with van der Waals surface area (Å²) in [5, 5.41) is 8.24. The number of nitrogens with one attached hydrogen (secondary N) is 1. The van der Waals surface area contributed by atoms with Crippen molar-refractivity contribution in [2.45, 2.75) is 25.8 Å². The summed E-state index contributed by atoms with van der Waals surface area (Å²) in [6.07, 6.45) is 6.52. The van der Waals surface area contributed by atoms with Crippen LogP contribution in [0.1, 0.15) is 19.8 Å². The van der Waals surface area contributed by atoms with Gasteiger partial charge in [-0.15, -0.1) is 12.3 Å². The fraction of sp³-hybridized carbons (Fsp3) is 0.667. The van der Waals surface area contributed by atoms with E-state index < -0.39 is 0 Å². The number of hydrogen-bond acceptors (Lipinski definition) is 2. The maximum Gasteiger partial charge on any atom is 0.0300 e. The van der Waals surface area contributed by atoms with Crippen molar-refractivity contribution < 1.29 is 5.21 Å². The standard InChI is InChI=1S/C6H11NO/c1-3-4-5-6(2)7-8/h1,6-8H,4-5H2,2H3. The van der Waals surface area contributed by atoms with E-state index in [1.54, 1.807) is 0 Å². The third kappa shape index (κ3) is 3.66. The predicted molar refractivity (Wildman–Crippen MR) is 32.5 cm³/mol. The van der Waals surface area contributed by atoms with Gasteiger partial charge in [0.15, 0.2) is 0 Å². The molecule has 0 saturated heterocycles. The van der Waals surface area contributed by atoms with Gasteiger partial charge < -0.3 is 5.21 Å². The molecule has 2 nitrogen and oxygen atoms in total. The van der Waals surface area contributed by atoms with Gasteiger partial charge in [-0.3, -0.25) is 0 Å². The second-order valence-corrected chi connectivity index (χ2v) is 1.77. The zero-order chi connectivity index (χ0) is 6.41. The Morgan fingerprint density at radius 1 is 1.88 bits per heavy atom. The summed E-state index contributed by atoms with van der Waals surface area (Å²) in [6, 6.07) is 0.117. The van der Waals surface area contributed by atoms with Crippen LogP contribution in [0.25, 0.3) is 0 Å². The topological polar surface area (TPSA) is 32.3 Å². The van der Waals surface area contributed by atoms with Gasteiger partial charge in [-0.1, -0.05) is 0 Å². The van der Waals surface area contributed by atoms with Gasteiger partial charge in [0.05, 0.1) is 0 Å². The van der Waals surface area contributed by atoms with Crippen molar-refractivity contribution in [2.75, 3.05) is 0 Å². The van der Waals surface area contributed by atoms with Crippen molar-refractivity contribution in [1.29, 1.82) is 0 Å². The Kier molecular flexibility index (Phi) is 4.33. The van der Waals surface area contributed by atoms with Gasteiger partial charge in [0.1, 0.15) is 0 Å². The monoisotopic (exact) mass is 113 g/mol. The van der Waals surface area contributed by atoms with E-state index in [-0.39, 0.29) is 6.04 Å². The Hall–Kier alpha value is -0.520.